The van der Waals surface area contributed by atoms with Crippen LogP contribution < -0.4 is 0 Å². The van der Waals surface area contributed by atoms with Crippen LogP contribution in [0.5, 0.6) is 5.75 Å². The highest BCUT2D eigenvalue weighted by atomic mass is 79.9. The highest BCUT2D eigenvalue weighted by Crippen LogP contribution is 2.34. The molecule has 0 unspecified atom stereocenters. The highest BCUT2D eigenvalue weighted by molar-refractivity contribution is 9.10. The molecule has 0 radical (unpaired) electrons. The van der Waals surface area contributed by atoms with Crippen LogP contribution in [0.2, 0.25) is 0 Å². The van der Waals surface area contributed by atoms with Crippen LogP contribution in [-0.4, -0.2) is 26.2 Å². The lowest BCUT2D eigenvalue weighted by Crippen LogP contribution is -2.02. The maximum absolute atomic E-state index is 13.0. The van der Waals surface area contributed by atoms with Crippen molar-refractivity contribution in [3.63, 3.8) is 0 Å². The van der Waals surface area contributed by atoms with Gasteiger partial charge < -0.3 is 10.2 Å². The van der Waals surface area contributed by atoms with E-state index in [9.17, 15) is 19.4 Å². The van der Waals surface area contributed by atoms with Gasteiger partial charge in [-0.15, -0.1) is 0 Å². The third-order valence-electron chi connectivity index (χ3n) is 3.12. The first-order valence-corrected chi connectivity index (χ1v) is 6.94. The average molecular weight is 363 g/mol. The molecule has 0 aliphatic rings. The van der Waals surface area contributed by atoms with Crippen LogP contribution >= 0.6 is 15.9 Å². The van der Waals surface area contributed by atoms with Gasteiger partial charge in [-0.3, -0.25) is 4.98 Å². The normalized spacial score (nSPS) is 10.8. The van der Waals surface area contributed by atoms with Gasteiger partial charge in [0, 0.05) is 5.56 Å². The van der Waals surface area contributed by atoms with Crippen molar-refractivity contribution >= 4 is 32.9 Å². The van der Waals surface area contributed by atoms with Crippen LogP contribution in [0, 0.1) is 5.82 Å². The van der Waals surface area contributed by atoms with Crippen molar-refractivity contribution in [1.82, 2.24) is 9.97 Å². The number of phenols is 1. The van der Waals surface area contributed by atoms with Crippen molar-refractivity contribution in [3.8, 4) is 17.0 Å². The highest BCUT2D eigenvalue weighted by Gasteiger charge is 2.20. The van der Waals surface area contributed by atoms with Gasteiger partial charge >= 0.3 is 5.97 Å². The topological polar surface area (TPSA) is 83.3 Å². The van der Waals surface area contributed by atoms with Gasteiger partial charge in [0.2, 0.25) is 0 Å². The number of hydrogen-bond donors (Lipinski definition) is 2. The first-order valence-electron chi connectivity index (χ1n) is 6.15. The van der Waals surface area contributed by atoms with Crippen molar-refractivity contribution in [2.45, 2.75) is 0 Å². The third-order valence-corrected chi connectivity index (χ3v) is 3.72. The first kappa shape index (κ1) is 14.4. The van der Waals surface area contributed by atoms with Gasteiger partial charge in [0.05, 0.1) is 21.9 Å². The molecular weight excluding hydrogens is 355 g/mol. The van der Waals surface area contributed by atoms with Gasteiger partial charge in [-0.25, -0.2) is 14.2 Å². The number of rotatable bonds is 2. The van der Waals surface area contributed by atoms with Gasteiger partial charge in [0.1, 0.15) is 22.6 Å². The molecule has 0 aliphatic carbocycles. The summed E-state index contributed by atoms with van der Waals surface area (Å²) in [7, 11) is 0. The molecule has 0 atom stereocenters. The maximum atomic E-state index is 13.0. The van der Waals surface area contributed by atoms with E-state index in [-0.39, 0.29) is 21.4 Å². The number of aromatic nitrogens is 2. The number of nitrogens with zero attached hydrogens (tertiary/aromatic N) is 2. The molecule has 1 heterocycles. The molecule has 0 bridgehead atoms. The molecule has 3 aromatic rings. The minimum absolute atomic E-state index is 0.0648. The molecule has 0 spiro atoms. The van der Waals surface area contributed by atoms with Crippen molar-refractivity contribution in [1.29, 1.82) is 0 Å². The minimum atomic E-state index is -1.31. The van der Waals surface area contributed by atoms with E-state index in [2.05, 4.69) is 25.9 Å². The van der Waals surface area contributed by atoms with E-state index in [0.717, 1.165) is 0 Å². The lowest BCUT2D eigenvalue weighted by Gasteiger charge is -2.08. The molecule has 0 saturated heterocycles. The Labute approximate surface area is 132 Å². The van der Waals surface area contributed by atoms with Crippen molar-refractivity contribution < 1.29 is 19.4 Å². The molecule has 0 saturated carbocycles. The summed E-state index contributed by atoms with van der Waals surface area (Å²) >= 11 is 3.08. The van der Waals surface area contributed by atoms with Crippen LogP contribution in [-0.2, 0) is 0 Å². The van der Waals surface area contributed by atoms with Crippen LogP contribution in [0.25, 0.3) is 22.3 Å². The summed E-state index contributed by atoms with van der Waals surface area (Å²) in [5, 5.41) is 19.2. The largest absolute Gasteiger partial charge is 0.506 e. The summed E-state index contributed by atoms with van der Waals surface area (Å²) in [6.07, 6.45) is 1.46. The monoisotopic (exact) mass is 362 g/mol. The van der Waals surface area contributed by atoms with E-state index >= 15 is 0 Å². The Balaban J connectivity index is 2.29. The second kappa shape index (κ2) is 5.34. The van der Waals surface area contributed by atoms with Crippen molar-refractivity contribution in [2.75, 3.05) is 0 Å². The molecule has 2 aromatic carbocycles. The van der Waals surface area contributed by atoms with Gasteiger partial charge in [0.15, 0.2) is 0 Å². The number of carboxylic acids is 1. The fourth-order valence-electron chi connectivity index (χ4n) is 2.07. The zero-order chi connectivity index (χ0) is 15.9. The maximum Gasteiger partial charge on any atom is 0.341 e. The van der Waals surface area contributed by atoms with E-state index in [0.29, 0.717) is 16.8 Å². The van der Waals surface area contributed by atoms with Crippen molar-refractivity contribution in [3.05, 3.63) is 52.4 Å². The van der Waals surface area contributed by atoms with Crippen LogP contribution in [0.4, 0.5) is 4.39 Å². The zero-order valence-electron chi connectivity index (χ0n) is 10.9. The smallest absolute Gasteiger partial charge is 0.341 e. The van der Waals surface area contributed by atoms with Gasteiger partial charge in [-0.1, -0.05) is 0 Å². The molecule has 110 valence electrons. The van der Waals surface area contributed by atoms with Gasteiger partial charge in [0.25, 0.3) is 0 Å². The molecule has 5 nitrogen and oxygen atoms in total. The number of carbonyl (C=O) groups is 1. The molecule has 7 heteroatoms. The molecule has 22 heavy (non-hydrogen) atoms. The van der Waals surface area contributed by atoms with Crippen LogP contribution in [0.3, 0.4) is 0 Å². The van der Waals surface area contributed by atoms with E-state index < -0.39 is 11.7 Å². The third kappa shape index (κ3) is 2.39. The Morgan fingerprint density at radius 1 is 1.23 bits per heavy atom. The van der Waals surface area contributed by atoms with E-state index in [1.807, 2.05) is 0 Å². The quantitative estimate of drug-likeness (QED) is 0.727. The minimum Gasteiger partial charge on any atom is -0.506 e. The Kier molecular flexibility index (Phi) is 3.50. The summed E-state index contributed by atoms with van der Waals surface area (Å²) in [5.41, 5.74) is 1.04. The molecule has 3 rings (SSSR count). The average Bonchev–Trinajstić information content (AvgIpc) is 2.48. The summed E-state index contributed by atoms with van der Waals surface area (Å²) < 4.78 is 13.2. The van der Waals surface area contributed by atoms with Gasteiger partial charge in [-0.2, -0.15) is 0 Å². The number of halogens is 2. The molecule has 0 aliphatic heterocycles. The van der Waals surface area contributed by atoms with Gasteiger partial charge in [-0.05, 0) is 46.3 Å². The number of aromatic carboxylic acids is 1. The van der Waals surface area contributed by atoms with E-state index in [1.54, 1.807) is 0 Å². The fourth-order valence-corrected chi connectivity index (χ4v) is 2.49. The summed E-state index contributed by atoms with van der Waals surface area (Å²) in [4.78, 5) is 19.8. The molecule has 0 amide bonds. The molecule has 2 N–H and O–H groups in total. The number of aromatic hydroxyl groups is 1. The van der Waals surface area contributed by atoms with Crippen molar-refractivity contribution in [2.24, 2.45) is 0 Å². The predicted octanol–water partition coefficient (Wildman–Crippen LogP) is 3.60. The summed E-state index contributed by atoms with van der Waals surface area (Å²) in [6.45, 7) is 0. The fraction of sp³-hybridized carbons (Fsp3) is 0. The Bertz CT molecular complexity index is 897. The van der Waals surface area contributed by atoms with E-state index in [1.165, 1.54) is 36.5 Å². The van der Waals surface area contributed by atoms with Crippen LogP contribution in [0.1, 0.15) is 10.4 Å². The molecule has 0 fully saturated rings. The molecule has 1 aromatic heterocycles. The summed E-state index contributed by atoms with van der Waals surface area (Å²) in [6, 6.07) is 7.07. The number of fused-ring (bicyclic) bond motifs is 1. The molecular formula is C15H8BrFN2O3. The zero-order valence-corrected chi connectivity index (χ0v) is 12.5. The standard InChI is InChI=1S/C15H8BrFN2O3/c16-9-5-10-13(12(14(9)20)15(21)22)19-11(6-18-10)7-1-3-8(17)4-2-7/h1-6,20H,(H,21,22). The van der Waals surface area contributed by atoms with Crippen LogP contribution in [0.15, 0.2) is 41.0 Å². The lowest BCUT2D eigenvalue weighted by atomic mass is 10.1. The number of carboxylic acid groups (broad SMARTS) is 1. The SMILES string of the molecule is O=C(O)c1c(O)c(Br)cc2ncc(-c3ccc(F)cc3)nc12. The number of benzene rings is 2. The first-order chi connectivity index (χ1) is 10.5. The Morgan fingerprint density at radius 3 is 2.55 bits per heavy atom. The number of hydrogen-bond acceptors (Lipinski definition) is 4. The Morgan fingerprint density at radius 2 is 1.91 bits per heavy atom. The second-order valence-electron chi connectivity index (χ2n) is 4.52. The summed E-state index contributed by atoms with van der Waals surface area (Å²) in [5.74, 6) is -2.11. The lowest BCUT2D eigenvalue weighted by molar-refractivity contribution is 0.0695. The predicted molar refractivity (Wildman–Crippen MR) is 81.3 cm³/mol. The van der Waals surface area contributed by atoms with E-state index in [4.69, 9.17) is 0 Å². The Hall–Kier alpha value is -2.54. The second-order valence-corrected chi connectivity index (χ2v) is 5.37.